The van der Waals surface area contributed by atoms with Crippen molar-refractivity contribution in [1.82, 2.24) is 4.98 Å². The van der Waals surface area contributed by atoms with Crippen molar-refractivity contribution in [2.45, 2.75) is 0 Å². The Morgan fingerprint density at radius 2 is 2.38 bits per heavy atom. The maximum Gasteiger partial charge on any atom is 0.378 e. The van der Waals surface area contributed by atoms with Gasteiger partial charge < -0.3 is 14.9 Å². The maximum atomic E-state index is 11.0. The molecule has 0 amide bonds. The summed E-state index contributed by atoms with van der Waals surface area (Å²) in [5, 5.41) is 10.4. The Morgan fingerprint density at radius 3 is 2.92 bits per heavy atom. The van der Waals surface area contributed by atoms with Crippen molar-refractivity contribution >= 4 is 11.8 Å². The van der Waals surface area contributed by atoms with E-state index >= 15 is 0 Å². The van der Waals surface area contributed by atoms with Gasteiger partial charge >= 0.3 is 11.8 Å². The van der Waals surface area contributed by atoms with Crippen molar-refractivity contribution in [3.63, 3.8) is 0 Å². The molecule has 0 saturated heterocycles. The topological polar surface area (TPSA) is 82.3 Å². The third kappa shape index (κ3) is 1.78. The lowest BCUT2D eigenvalue weighted by Crippen LogP contribution is -2.06. The highest BCUT2D eigenvalue weighted by molar-refractivity contribution is 5.92. The molecule has 0 saturated carbocycles. The van der Waals surface area contributed by atoms with E-state index in [2.05, 4.69) is 9.72 Å². The lowest BCUT2D eigenvalue weighted by molar-refractivity contribution is -0.389. The van der Waals surface area contributed by atoms with Crippen LogP contribution in [-0.4, -0.2) is 23.0 Å². The van der Waals surface area contributed by atoms with Gasteiger partial charge in [-0.05, 0) is 22.0 Å². The van der Waals surface area contributed by atoms with Gasteiger partial charge in [0.15, 0.2) is 5.56 Å². The number of methoxy groups -OCH3 is 1. The minimum atomic E-state index is -0.764. The summed E-state index contributed by atoms with van der Waals surface area (Å²) in [6.07, 6.45) is 1.24. The summed E-state index contributed by atoms with van der Waals surface area (Å²) in [4.78, 5) is 24.1. The van der Waals surface area contributed by atoms with Crippen LogP contribution in [0, 0.1) is 10.1 Å². The third-order valence-electron chi connectivity index (χ3n) is 1.36. The lowest BCUT2D eigenvalue weighted by Gasteiger charge is -1.98. The molecule has 0 aliphatic rings. The molecule has 0 N–H and O–H groups in total. The maximum absolute atomic E-state index is 11.0. The molecule has 68 valence electrons. The zero-order chi connectivity index (χ0) is 9.84. The van der Waals surface area contributed by atoms with E-state index in [1.54, 1.807) is 0 Å². The number of ether oxygens (including phenoxy) is 1. The van der Waals surface area contributed by atoms with Crippen LogP contribution in [0.4, 0.5) is 5.82 Å². The van der Waals surface area contributed by atoms with Crippen molar-refractivity contribution in [1.29, 1.82) is 0 Å². The first-order valence-electron chi connectivity index (χ1n) is 3.34. The van der Waals surface area contributed by atoms with E-state index in [9.17, 15) is 14.9 Å². The number of hydrogen-bond donors (Lipinski definition) is 0. The van der Waals surface area contributed by atoms with Crippen LogP contribution in [0.15, 0.2) is 18.3 Å². The molecule has 6 heteroatoms. The van der Waals surface area contributed by atoms with Crippen molar-refractivity contribution in [3.8, 4) is 0 Å². The molecule has 0 aliphatic carbocycles. The van der Waals surface area contributed by atoms with E-state index in [4.69, 9.17) is 0 Å². The Labute approximate surface area is 73.3 Å². The number of rotatable bonds is 2. The summed E-state index contributed by atoms with van der Waals surface area (Å²) in [6.45, 7) is 0. The van der Waals surface area contributed by atoms with E-state index in [1.807, 2.05) is 0 Å². The van der Waals surface area contributed by atoms with Gasteiger partial charge in [0.25, 0.3) is 0 Å². The number of hydrogen-bond acceptors (Lipinski definition) is 5. The van der Waals surface area contributed by atoms with Crippen LogP contribution in [0.2, 0.25) is 0 Å². The average Bonchev–Trinajstić information content (AvgIpc) is 2.16. The smallest absolute Gasteiger partial charge is 0.378 e. The highest BCUT2D eigenvalue weighted by atomic mass is 16.6. The van der Waals surface area contributed by atoms with Gasteiger partial charge in [-0.15, -0.1) is 0 Å². The van der Waals surface area contributed by atoms with Crippen LogP contribution < -0.4 is 0 Å². The van der Waals surface area contributed by atoms with Crippen LogP contribution in [0.5, 0.6) is 0 Å². The van der Waals surface area contributed by atoms with Gasteiger partial charge in [-0.25, -0.2) is 4.79 Å². The van der Waals surface area contributed by atoms with Crippen molar-refractivity contribution in [2.24, 2.45) is 0 Å². The normalized spacial score (nSPS) is 9.31. The fourth-order valence-corrected chi connectivity index (χ4v) is 0.812. The minimum absolute atomic E-state index is 0.144. The fourth-order valence-electron chi connectivity index (χ4n) is 0.812. The van der Waals surface area contributed by atoms with Crippen molar-refractivity contribution < 1.29 is 14.5 Å². The largest absolute Gasteiger partial charge is 0.465 e. The van der Waals surface area contributed by atoms with Gasteiger partial charge in [-0.1, -0.05) is 0 Å². The van der Waals surface area contributed by atoms with E-state index in [0.717, 1.165) is 7.11 Å². The van der Waals surface area contributed by atoms with E-state index in [-0.39, 0.29) is 5.56 Å². The Bertz CT molecular complexity index is 350. The molecule has 0 bridgehead atoms. The van der Waals surface area contributed by atoms with Crippen LogP contribution in [0.25, 0.3) is 0 Å². The van der Waals surface area contributed by atoms with Crippen LogP contribution in [0.3, 0.4) is 0 Å². The number of pyridine rings is 1. The monoisotopic (exact) mass is 182 g/mol. The van der Waals surface area contributed by atoms with E-state index in [0.29, 0.717) is 0 Å². The average molecular weight is 182 g/mol. The van der Waals surface area contributed by atoms with Gasteiger partial charge in [0, 0.05) is 0 Å². The molecule has 13 heavy (non-hydrogen) atoms. The van der Waals surface area contributed by atoms with Crippen LogP contribution in [-0.2, 0) is 4.74 Å². The Kier molecular flexibility index (Phi) is 2.53. The first kappa shape index (κ1) is 9.11. The molecule has 0 aromatic carbocycles. The molecule has 0 fully saturated rings. The molecule has 1 rings (SSSR count). The summed E-state index contributed by atoms with van der Waals surface area (Å²) < 4.78 is 4.34. The molecule has 0 unspecified atom stereocenters. The van der Waals surface area contributed by atoms with Gasteiger partial charge in [0.05, 0.1) is 7.11 Å². The Balaban J connectivity index is 3.19. The second kappa shape index (κ2) is 3.61. The fraction of sp³-hybridized carbons (Fsp3) is 0.143. The predicted molar refractivity (Wildman–Crippen MR) is 42.2 cm³/mol. The van der Waals surface area contributed by atoms with E-state index < -0.39 is 16.7 Å². The van der Waals surface area contributed by atoms with Gasteiger partial charge in [-0.2, -0.15) is 0 Å². The molecule has 1 aromatic heterocycles. The quantitative estimate of drug-likeness (QED) is 0.383. The lowest BCUT2D eigenvalue weighted by atomic mass is 10.2. The molecular weight excluding hydrogens is 176 g/mol. The van der Waals surface area contributed by atoms with Gasteiger partial charge in [0.2, 0.25) is 0 Å². The van der Waals surface area contributed by atoms with E-state index in [1.165, 1.54) is 18.3 Å². The first-order valence-corrected chi connectivity index (χ1v) is 3.34. The number of carbonyl (C=O) groups is 1. The Hall–Kier alpha value is -1.98. The number of carbonyl (C=O) groups excluding carboxylic acids is 1. The third-order valence-corrected chi connectivity index (χ3v) is 1.36. The number of nitro groups is 1. The second-order valence-electron chi connectivity index (χ2n) is 2.12. The van der Waals surface area contributed by atoms with Crippen LogP contribution >= 0.6 is 0 Å². The highest BCUT2D eigenvalue weighted by Gasteiger charge is 2.20. The summed E-state index contributed by atoms with van der Waals surface area (Å²) >= 11 is 0. The number of nitrogens with zero attached hydrogens (tertiary/aromatic N) is 2. The summed E-state index contributed by atoms with van der Waals surface area (Å²) in [7, 11) is 1.15. The summed E-state index contributed by atoms with van der Waals surface area (Å²) in [5.41, 5.74) is -0.144. The molecule has 1 aromatic rings. The first-order chi connectivity index (χ1) is 6.16. The zero-order valence-electron chi connectivity index (χ0n) is 6.76. The van der Waals surface area contributed by atoms with Crippen LogP contribution in [0.1, 0.15) is 10.4 Å². The summed E-state index contributed by atoms with van der Waals surface area (Å²) in [6, 6.07) is 2.72. The summed E-state index contributed by atoms with van der Waals surface area (Å²) in [5.74, 6) is -1.26. The molecule has 1 heterocycles. The van der Waals surface area contributed by atoms with Gasteiger partial charge in [-0.3, -0.25) is 0 Å². The molecule has 6 nitrogen and oxygen atoms in total. The standard InChI is InChI=1S/C7H6N2O4/c1-13-7(10)5-3-2-4-8-6(5)9(11)12/h2-4H,1H3. The minimum Gasteiger partial charge on any atom is -0.465 e. The number of aromatic nitrogens is 1. The van der Waals surface area contributed by atoms with Crippen molar-refractivity contribution in [3.05, 3.63) is 34.0 Å². The molecule has 0 spiro atoms. The molecular formula is C7H6N2O4. The molecule has 0 aliphatic heterocycles. The SMILES string of the molecule is COC(=O)c1cccnc1[N+](=O)[O-]. The Morgan fingerprint density at radius 1 is 1.69 bits per heavy atom. The second-order valence-corrected chi connectivity index (χ2v) is 2.12. The predicted octanol–water partition coefficient (Wildman–Crippen LogP) is 0.776. The van der Waals surface area contributed by atoms with Gasteiger partial charge in [0.1, 0.15) is 6.20 Å². The molecule has 0 atom stereocenters. The number of esters is 1. The highest BCUT2D eigenvalue weighted by Crippen LogP contribution is 2.14. The zero-order valence-corrected chi connectivity index (χ0v) is 6.76. The molecule has 0 radical (unpaired) electrons. The van der Waals surface area contributed by atoms with Crippen molar-refractivity contribution in [2.75, 3.05) is 7.11 Å².